The molecule has 0 saturated heterocycles. The molecule has 1 heterocycles. The maximum Gasteiger partial charge on any atom is 0.156 e. The molecule has 6 nitrogen and oxygen atoms in total. The molecular formula is C11H19N3O3. The molecule has 2 N–H and O–H groups in total. The van der Waals surface area contributed by atoms with Crippen LogP contribution in [0.2, 0.25) is 0 Å². The zero-order chi connectivity index (χ0) is 12.3. The van der Waals surface area contributed by atoms with Gasteiger partial charge in [0.15, 0.2) is 5.75 Å². The Morgan fingerprint density at radius 2 is 1.59 bits per heavy atom. The molecule has 0 aliphatic rings. The smallest absolute Gasteiger partial charge is 0.156 e. The first kappa shape index (κ1) is 13.8. The number of ether oxygens (including phenoxy) is 3. The van der Waals surface area contributed by atoms with E-state index < -0.39 is 0 Å². The van der Waals surface area contributed by atoms with Crippen LogP contribution in [0, 0.1) is 6.92 Å². The highest BCUT2D eigenvalue weighted by molar-refractivity contribution is 5.11. The van der Waals surface area contributed by atoms with Crippen LogP contribution in [0.25, 0.3) is 0 Å². The van der Waals surface area contributed by atoms with Crippen LogP contribution in [-0.4, -0.2) is 49.5 Å². The second kappa shape index (κ2) is 8.86. The van der Waals surface area contributed by atoms with E-state index in [1.54, 1.807) is 12.4 Å². The molecule has 6 heteroatoms. The summed E-state index contributed by atoms with van der Waals surface area (Å²) in [4.78, 5) is 8.04. The minimum atomic E-state index is 0.476. The third kappa shape index (κ3) is 6.83. The molecule has 0 saturated carbocycles. The van der Waals surface area contributed by atoms with Crippen molar-refractivity contribution in [3.8, 4) is 5.75 Å². The molecule has 0 bridgehead atoms. The molecule has 0 fully saturated rings. The van der Waals surface area contributed by atoms with E-state index in [2.05, 4.69) is 9.97 Å². The Hall–Kier alpha value is -1.24. The summed E-state index contributed by atoms with van der Waals surface area (Å²) >= 11 is 0. The number of nitrogens with two attached hydrogens (primary N) is 1. The summed E-state index contributed by atoms with van der Waals surface area (Å²) in [5, 5.41) is 0. The fourth-order valence-corrected chi connectivity index (χ4v) is 1.08. The van der Waals surface area contributed by atoms with Crippen LogP contribution in [0.3, 0.4) is 0 Å². The van der Waals surface area contributed by atoms with Gasteiger partial charge in [-0.3, -0.25) is 0 Å². The van der Waals surface area contributed by atoms with E-state index in [9.17, 15) is 0 Å². The van der Waals surface area contributed by atoms with E-state index >= 15 is 0 Å². The van der Waals surface area contributed by atoms with Crippen LogP contribution in [0.1, 0.15) is 5.82 Å². The van der Waals surface area contributed by atoms with Crippen molar-refractivity contribution < 1.29 is 14.2 Å². The molecule has 0 aliphatic carbocycles. The predicted molar refractivity (Wildman–Crippen MR) is 63.0 cm³/mol. The number of hydrogen-bond donors (Lipinski definition) is 1. The Morgan fingerprint density at radius 1 is 1.00 bits per heavy atom. The topological polar surface area (TPSA) is 79.5 Å². The number of hydrogen-bond acceptors (Lipinski definition) is 6. The molecule has 0 aliphatic heterocycles. The summed E-state index contributed by atoms with van der Waals surface area (Å²) < 4.78 is 15.8. The zero-order valence-electron chi connectivity index (χ0n) is 10.1. The van der Waals surface area contributed by atoms with Gasteiger partial charge in [0.05, 0.1) is 38.8 Å². The molecule has 0 radical (unpaired) electrons. The summed E-state index contributed by atoms with van der Waals surface area (Å²) in [5.74, 6) is 1.38. The van der Waals surface area contributed by atoms with Crippen molar-refractivity contribution in [1.82, 2.24) is 9.97 Å². The van der Waals surface area contributed by atoms with Gasteiger partial charge in [-0.25, -0.2) is 9.97 Å². The number of aryl methyl sites for hydroxylation is 1. The first-order valence-corrected chi connectivity index (χ1v) is 5.60. The molecule has 96 valence electrons. The highest BCUT2D eigenvalue weighted by Crippen LogP contribution is 2.04. The number of nitrogens with zero attached hydrogens (tertiary/aromatic N) is 2. The molecule has 1 aromatic rings. The largest absolute Gasteiger partial charge is 0.488 e. The first-order valence-electron chi connectivity index (χ1n) is 5.60. The van der Waals surface area contributed by atoms with Gasteiger partial charge in [0.25, 0.3) is 0 Å². The molecule has 0 unspecified atom stereocenters. The van der Waals surface area contributed by atoms with Crippen LogP contribution in [0.15, 0.2) is 12.4 Å². The molecule has 1 rings (SSSR count). The zero-order valence-corrected chi connectivity index (χ0v) is 10.1. The SMILES string of the molecule is Cc1ncc(OCCOCCOCCN)cn1. The van der Waals surface area contributed by atoms with Gasteiger partial charge in [0.1, 0.15) is 12.4 Å². The maximum absolute atomic E-state index is 5.38. The standard InChI is InChI=1S/C11H19N3O3/c1-10-13-8-11(9-14-10)17-7-6-16-5-4-15-3-2-12/h8-9H,2-7,12H2,1H3. The lowest BCUT2D eigenvalue weighted by Crippen LogP contribution is -2.14. The molecule has 17 heavy (non-hydrogen) atoms. The number of aromatic nitrogens is 2. The first-order chi connectivity index (χ1) is 8.33. The molecule has 0 spiro atoms. The van der Waals surface area contributed by atoms with Crippen molar-refractivity contribution in [3.63, 3.8) is 0 Å². The maximum atomic E-state index is 5.38. The lowest BCUT2D eigenvalue weighted by atomic mass is 10.5. The third-order valence-electron chi connectivity index (χ3n) is 1.89. The van der Waals surface area contributed by atoms with Crippen molar-refractivity contribution in [2.45, 2.75) is 6.92 Å². The molecule has 1 aromatic heterocycles. The minimum absolute atomic E-state index is 0.476. The second-order valence-corrected chi connectivity index (χ2v) is 3.33. The Balaban J connectivity index is 1.95. The molecule has 0 amide bonds. The second-order valence-electron chi connectivity index (χ2n) is 3.33. The van der Waals surface area contributed by atoms with E-state index in [0.717, 1.165) is 5.82 Å². The average Bonchev–Trinajstić information content (AvgIpc) is 2.35. The van der Waals surface area contributed by atoms with Crippen LogP contribution in [0.5, 0.6) is 5.75 Å². The minimum Gasteiger partial charge on any atom is -0.488 e. The van der Waals surface area contributed by atoms with Crippen LogP contribution >= 0.6 is 0 Å². The highest BCUT2D eigenvalue weighted by atomic mass is 16.5. The van der Waals surface area contributed by atoms with Gasteiger partial charge in [0, 0.05) is 6.54 Å². The Morgan fingerprint density at radius 3 is 2.24 bits per heavy atom. The Labute approximate surface area is 101 Å². The van der Waals surface area contributed by atoms with E-state index in [-0.39, 0.29) is 0 Å². The van der Waals surface area contributed by atoms with Crippen molar-refractivity contribution in [3.05, 3.63) is 18.2 Å². The third-order valence-corrected chi connectivity index (χ3v) is 1.89. The van der Waals surface area contributed by atoms with Gasteiger partial charge in [0.2, 0.25) is 0 Å². The van der Waals surface area contributed by atoms with E-state index in [1.807, 2.05) is 6.92 Å². The summed E-state index contributed by atoms with van der Waals surface area (Å²) in [6.07, 6.45) is 3.29. The monoisotopic (exact) mass is 241 g/mol. The molecule has 0 atom stereocenters. The van der Waals surface area contributed by atoms with Crippen molar-refractivity contribution in [2.24, 2.45) is 5.73 Å². The van der Waals surface area contributed by atoms with Gasteiger partial charge < -0.3 is 19.9 Å². The van der Waals surface area contributed by atoms with Gasteiger partial charge in [-0.05, 0) is 6.92 Å². The Kier molecular flexibility index (Phi) is 7.20. The summed E-state index contributed by atoms with van der Waals surface area (Å²) in [6.45, 7) is 5.03. The van der Waals surface area contributed by atoms with Gasteiger partial charge in [-0.15, -0.1) is 0 Å². The van der Waals surface area contributed by atoms with Crippen LogP contribution in [0.4, 0.5) is 0 Å². The van der Waals surface area contributed by atoms with Crippen molar-refractivity contribution in [1.29, 1.82) is 0 Å². The van der Waals surface area contributed by atoms with Gasteiger partial charge in [-0.2, -0.15) is 0 Å². The fraction of sp³-hybridized carbons (Fsp3) is 0.636. The van der Waals surface area contributed by atoms with Crippen molar-refractivity contribution >= 4 is 0 Å². The molecular weight excluding hydrogens is 222 g/mol. The van der Waals surface area contributed by atoms with Crippen LogP contribution < -0.4 is 10.5 Å². The van der Waals surface area contributed by atoms with E-state index in [0.29, 0.717) is 45.3 Å². The van der Waals surface area contributed by atoms with E-state index in [4.69, 9.17) is 19.9 Å². The van der Waals surface area contributed by atoms with Crippen molar-refractivity contribution in [2.75, 3.05) is 39.6 Å². The summed E-state index contributed by atoms with van der Waals surface area (Å²) in [5.41, 5.74) is 5.27. The highest BCUT2D eigenvalue weighted by Gasteiger charge is 1.95. The number of rotatable bonds is 9. The average molecular weight is 241 g/mol. The van der Waals surface area contributed by atoms with Gasteiger partial charge >= 0.3 is 0 Å². The quantitative estimate of drug-likeness (QED) is 0.620. The van der Waals surface area contributed by atoms with Gasteiger partial charge in [-0.1, -0.05) is 0 Å². The lowest BCUT2D eigenvalue weighted by Gasteiger charge is -2.06. The summed E-state index contributed by atoms with van der Waals surface area (Å²) in [6, 6.07) is 0. The normalized spacial score (nSPS) is 10.5. The van der Waals surface area contributed by atoms with E-state index in [1.165, 1.54) is 0 Å². The van der Waals surface area contributed by atoms with Crippen LogP contribution in [-0.2, 0) is 9.47 Å². The fourth-order valence-electron chi connectivity index (χ4n) is 1.08. The lowest BCUT2D eigenvalue weighted by molar-refractivity contribution is 0.0387. The molecule has 0 aromatic carbocycles. The predicted octanol–water partition coefficient (Wildman–Crippen LogP) is 0.156. The summed E-state index contributed by atoms with van der Waals surface area (Å²) in [7, 11) is 0. The Bertz CT molecular complexity index is 293.